The average molecular weight is 469 g/mol. The number of fused-ring (bicyclic) bond motifs is 2. The summed E-state index contributed by atoms with van der Waals surface area (Å²) in [6, 6.07) is 13.7. The van der Waals surface area contributed by atoms with Gasteiger partial charge in [0, 0.05) is 19.3 Å². The minimum Gasteiger partial charge on any atom is -0.478 e. The van der Waals surface area contributed by atoms with E-state index in [-0.39, 0.29) is 11.3 Å². The van der Waals surface area contributed by atoms with Crippen LogP contribution in [0.3, 0.4) is 0 Å². The molecule has 0 amide bonds. The molecule has 11 nitrogen and oxygen atoms in total. The normalized spacial score (nSPS) is 12.1. The van der Waals surface area contributed by atoms with Crippen molar-refractivity contribution in [3.63, 3.8) is 0 Å². The lowest BCUT2D eigenvalue weighted by molar-refractivity contribution is 0.0690. The highest BCUT2D eigenvalue weighted by atomic mass is 16.7. The molecule has 1 aromatic heterocycles. The Bertz CT molecular complexity index is 1080. The topological polar surface area (TPSA) is 176 Å². The molecule has 2 aliphatic rings. The number of nitrogens with zero attached hydrogens (tertiary/aromatic N) is 1. The summed E-state index contributed by atoms with van der Waals surface area (Å²) in [4.78, 5) is 24.1. The fourth-order valence-corrected chi connectivity index (χ4v) is 2.82. The predicted molar refractivity (Wildman–Crippen MR) is 119 cm³/mol. The average Bonchev–Trinajstić information content (AvgIpc) is 3.53. The van der Waals surface area contributed by atoms with Crippen LogP contribution in [0.4, 0.5) is 0 Å². The monoisotopic (exact) mass is 469 g/mol. The van der Waals surface area contributed by atoms with Gasteiger partial charge in [-0.05, 0) is 47.5 Å². The van der Waals surface area contributed by atoms with Crippen molar-refractivity contribution in [2.45, 2.75) is 13.1 Å². The van der Waals surface area contributed by atoms with Crippen molar-refractivity contribution in [3.8, 4) is 23.0 Å². The standard InChI is InChI=1S/2C8H9NO2.C7H5NO4/c2*9-4-6-1-2-7-8(3-6)11-5-10-7;9-6(10)4-1-2-8-5(3-4)7(11)12/h2*1-3H,4-5,9H2;1-3H,(H,9,10)(H,11,12). The van der Waals surface area contributed by atoms with E-state index in [1.54, 1.807) is 0 Å². The van der Waals surface area contributed by atoms with E-state index in [0.717, 1.165) is 46.4 Å². The van der Waals surface area contributed by atoms with Crippen LogP contribution in [0.1, 0.15) is 32.0 Å². The second kappa shape index (κ2) is 11.5. The zero-order valence-electron chi connectivity index (χ0n) is 18.0. The molecule has 3 heterocycles. The van der Waals surface area contributed by atoms with E-state index < -0.39 is 11.9 Å². The number of carboxylic acids is 2. The molecule has 3 aromatic rings. The van der Waals surface area contributed by atoms with Crippen LogP contribution in [0.25, 0.3) is 0 Å². The number of pyridine rings is 1. The number of carboxylic acid groups (broad SMARTS) is 2. The minimum atomic E-state index is -1.24. The van der Waals surface area contributed by atoms with Gasteiger partial charge in [-0.15, -0.1) is 0 Å². The first-order chi connectivity index (χ1) is 16.4. The van der Waals surface area contributed by atoms with Crippen LogP contribution in [0.5, 0.6) is 23.0 Å². The van der Waals surface area contributed by atoms with Crippen molar-refractivity contribution in [3.05, 3.63) is 77.1 Å². The van der Waals surface area contributed by atoms with E-state index in [9.17, 15) is 9.59 Å². The molecule has 0 radical (unpaired) electrons. The van der Waals surface area contributed by atoms with Gasteiger partial charge in [-0.2, -0.15) is 0 Å². The molecule has 0 saturated carbocycles. The van der Waals surface area contributed by atoms with Gasteiger partial charge in [0.15, 0.2) is 23.0 Å². The summed E-state index contributed by atoms with van der Waals surface area (Å²) in [5, 5.41) is 16.9. The Morgan fingerprint density at radius 3 is 1.68 bits per heavy atom. The molecule has 6 N–H and O–H groups in total. The van der Waals surface area contributed by atoms with Gasteiger partial charge in [0.1, 0.15) is 5.69 Å². The van der Waals surface area contributed by atoms with Crippen LogP contribution in [-0.2, 0) is 13.1 Å². The molecule has 0 spiro atoms. The van der Waals surface area contributed by atoms with E-state index in [0.29, 0.717) is 26.7 Å². The summed E-state index contributed by atoms with van der Waals surface area (Å²) in [6.07, 6.45) is 1.15. The quantitative estimate of drug-likeness (QED) is 0.440. The van der Waals surface area contributed by atoms with Crippen LogP contribution < -0.4 is 30.4 Å². The second-order valence-corrected chi connectivity index (χ2v) is 6.82. The summed E-state index contributed by atoms with van der Waals surface area (Å²) in [7, 11) is 0. The van der Waals surface area contributed by atoms with Gasteiger partial charge in [-0.3, -0.25) is 0 Å². The van der Waals surface area contributed by atoms with Gasteiger partial charge < -0.3 is 40.6 Å². The van der Waals surface area contributed by atoms with Crippen LogP contribution in [-0.4, -0.2) is 40.7 Å². The largest absolute Gasteiger partial charge is 0.478 e. The minimum absolute atomic E-state index is 0.0811. The molecule has 0 unspecified atom stereocenters. The number of aromatic nitrogens is 1. The molecule has 2 aliphatic heterocycles. The SMILES string of the molecule is NCc1ccc2c(c1)OCO2.NCc1ccc2c(c1)OCO2.O=C(O)c1ccnc(C(=O)O)c1. The Balaban J connectivity index is 0.000000143. The van der Waals surface area contributed by atoms with Crippen LogP contribution in [0.2, 0.25) is 0 Å². The molecule has 34 heavy (non-hydrogen) atoms. The molecule has 0 bridgehead atoms. The Hall–Kier alpha value is -4.35. The predicted octanol–water partition coefficient (Wildman–Crippen LogP) is 2.23. The maximum atomic E-state index is 10.4. The van der Waals surface area contributed by atoms with E-state index >= 15 is 0 Å². The molecule has 11 heteroatoms. The maximum Gasteiger partial charge on any atom is 0.354 e. The van der Waals surface area contributed by atoms with Crippen molar-refractivity contribution in [1.29, 1.82) is 0 Å². The Morgan fingerprint density at radius 2 is 1.24 bits per heavy atom. The Morgan fingerprint density at radius 1 is 0.735 bits per heavy atom. The zero-order chi connectivity index (χ0) is 24.5. The maximum absolute atomic E-state index is 10.4. The summed E-state index contributed by atoms with van der Waals surface area (Å²) in [5.41, 5.74) is 12.7. The third-order valence-electron chi connectivity index (χ3n) is 4.57. The Kier molecular flexibility index (Phi) is 8.21. The third kappa shape index (κ3) is 6.34. The first kappa shape index (κ1) is 24.3. The van der Waals surface area contributed by atoms with E-state index in [1.807, 2.05) is 36.4 Å². The van der Waals surface area contributed by atoms with Gasteiger partial charge >= 0.3 is 11.9 Å². The molecule has 0 fully saturated rings. The number of ether oxygens (including phenoxy) is 4. The molecule has 0 aliphatic carbocycles. The molecule has 5 rings (SSSR count). The zero-order valence-corrected chi connectivity index (χ0v) is 18.0. The molecule has 178 valence electrons. The lowest BCUT2D eigenvalue weighted by Gasteiger charge is -1.97. The fourth-order valence-electron chi connectivity index (χ4n) is 2.82. The summed E-state index contributed by atoms with van der Waals surface area (Å²) in [6.45, 7) is 1.72. The molecule has 0 saturated heterocycles. The van der Waals surface area contributed by atoms with Gasteiger partial charge in [-0.25, -0.2) is 14.6 Å². The number of aromatic carboxylic acids is 2. The van der Waals surface area contributed by atoms with Crippen molar-refractivity contribution >= 4 is 11.9 Å². The van der Waals surface area contributed by atoms with Crippen LogP contribution in [0.15, 0.2) is 54.7 Å². The number of rotatable bonds is 4. The van der Waals surface area contributed by atoms with Gasteiger partial charge in [0.25, 0.3) is 0 Å². The first-order valence-corrected chi connectivity index (χ1v) is 10.0. The molecular formula is C23H23N3O8. The Labute approximate surface area is 194 Å². The lowest BCUT2D eigenvalue weighted by atomic mass is 10.2. The van der Waals surface area contributed by atoms with E-state index in [2.05, 4.69) is 4.98 Å². The lowest BCUT2D eigenvalue weighted by Crippen LogP contribution is -2.03. The smallest absolute Gasteiger partial charge is 0.354 e. The number of hydrogen-bond donors (Lipinski definition) is 4. The van der Waals surface area contributed by atoms with Crippen molar-refractivity contribution in [1.82, 2.24) is 4.98 Å². The second-order valence-electron chi connectivity index (χ2n) is 6.82. The van der Waals surface area contributed by atoms with Gasteiger partial charge in [0.05, 0.1) is 5.56 Å². The highest BCUT2D eigenvalue weighted by Gasteiger charge is 2.13. The van der Waals surface area contributed by atoms with Crippen molar-refractivity contribution < 1.29 is 38.7 Å². The summed E-state index contributed by atoms with van der Waals surface area (Å²) >= 11 is 0. The number of carbonyl (C=O) groups is 2. The number of hydrogen-bond acceptors (Lipinski definition) is 9. The summed E-state index contributed by atoms with van der Waals surface area (Å²) < 4.78 is 20.6. The van der Waals surface area contributed by atoms with Crippen molar-refractivity contribution in [2.75, 3.05) is 13.6 Å². The fraction of sp³-hybridized carbons (Fsp3) is 0.174. The first-order valence-electron chi connectivity index (χ1n) is 10.0. The highest BCUT2D eigenvalue weighted by Crippen LogP contribution is 2.33. The number of nitrogens with two attached hydrogens (primary N) is 2. The van der Waals surface area contributed by atoms with Gasteiger partial charge in [-0.1, -0.05) is 12.1 Å². The molecule has 0 atom stereocenters. The van der Waals surface area contributed by atoms with E-state index in [4.69, 9.17) is 40.6 Å². The van der Waals surface area contributed by atoms with Gasteiger partial charge in [0.2, 0.25) is 13.6 Å². The van der Waals surface area contributed by atoms with Crippen LogP contribution >= 0.6 is 0 Å². The molecule has 2 aromatic carbocycles. The van der Waals surface area contributed by atoms with Crippen molar-refractivity contribution in [2.24, 2.45) is 11.5 Å². The van der Waals surface area contributed by atoms with Crippen LogP contribution in [0, 0.1) is 0 Å². The highest BCUT2D eigenvalue weighted by molar-refractivity contribution is 5.92. The number of benzene rings is 2. The summed E-state index contributed by atoms with van der Waals surface area (Å²) in [5.74, 6) is 0.809. The molecular weight excluding hydrogens is 446 g/mol. The third-order valence-corrected chi connectivity index (χ3v) is 4.57. The van der Waals surface area contributed by atoms with E-state index in [1.165, 1.54) is 6.07 Å².